The predicted molar refractivity (Wildman–Crippen MR) is 77.8 cm³/mol. The zero-order chi connectivity index (χ0) is 18.4. The van der Waals surface area contributed by atoms with Crippen LogP contribution in [0, 0.1) is 0 Å². The molecule has 0 aromatic carbocycles. The number of ether oxygens (including phenoxy) is 2. The van der Waals surface area contributed by atoms with Crippen LogP contribution in [0.3, 0.4) is 0 Å². The van der Waals surface area contributed by atoms with Gasteiger partial charge in [0.05, 0.1) is 13.2 Å². The Balaban J connectivity index is 3.15. The largest absolute Gasteiger partial charge is 0.464 e. The fourth-order valence-electron chi connectivity index (χ4n) is 2.38. The lowest BCUT2D eigenvalue weighted by Crippen LogP contribution is -2.54. The Kier molecular flexibility index (Phi) is 7.07. The van der Waals surface area contributed by atoms with Crippen LogP contribution in [0.1, 0.15) is 33.1 Å². The lowest BCUT2D eigenvalue weighted by molar-refractivity contribution is -0.262. The van der Waals surface area contributed by atoms with Crippen molar-refractivity contribution in [2.75, 3.05) is 26.3 Å². The van der Waals surface area contributed by atoms with Gasteiger partial charge in [0.25, 0.3) is 5.60 Å². The molecule has 0 amide bonds. The van der Waals surface area contributed by atoms with Gasteiger partial charge in [0.2, 0.25) is 0 Å². The minimum absolute atomic E-state index is 0.0596. The first-order valence-corrected chi connectivity index (χ1v) is 7.74. The second-order valence-corrected chi connectivity index (χ2v) is 5.34. The van der Waals surface area contributed by atoms with Crippen LogP contribution in [0.2, 0.25) is 0 Å². The summed E-state index contributed by atoms with van der Waals surface area (Å²) in [5.41, 5.74) is -3.82. The summed E-state index contributed by atoms with van der Waals surface area (Å²) in [6.45, 7) is 3.52. The normalized spacial score (nSPS) is 18.2. The second kappa shape index (κ2) is 8.36. The van der Waals surface area contributed by atoms with E-state index in [0.29, 0.717) is 13.1 Å². The summed E-state index contributed by atoms with van der Waals surface area (Å²) in [5.74, 6) is -2.61. The van der Waals surface area contributed by atoms with Crippen molar-refractivity contribution in [1.29, 1.82) is 0 Å². The van der Waals surface area contributed by atoms with Gasteiger partial charge < -0.3 is 19.5 Å². The molecular formula is C15H22F3NO5. The lowest BCUT2D eigenvalue weighted by Gasteiger charge is -2.32. The van der Waals surface area contributed by atoms with Crippen molar-refractivity contribution in [3.8, 4) is 0 Å². The van der Waals surface area contributed by atoms with Gasteiger partial charge >= 0.3 is 18.1 Å². The quantitative estimate of drug-likeness (QED) is 0.555. The standard InChI is InChI=1S/C15H22F3NO5/c1-3-23-12(20)9-11(19-7-5-6-8-19)10-14(22,15(16,17)18)13(21)24-4-2/h9,22H,3-8,10H2,1-2H3/b11-9+. The van der Waals surface area contributed by atoms with Crippen molar-refractivity contribution in [2.24, 2.45) is 0 Å². The first-order chi connectivity index (χ1) is 11.2. The Hall–Kier alpha value is -1.77. The highest BCUT2D eigenvalue weighted by Gasteiger charge is 2.61. The Morgan fingerprint density at radius 3 is 2.12 bits per heavy atom. The van der Waals surface area contributed by atoms with Crippen LogP contribution in [0.4, 0.5) is 13.2 Å². The second-order valence-electron chi connectivity index (χ2n) is 5.34. The summed E-state index contributed by atoms with van der Waals surface area (Å²) >= 11 is 0. The number of hydrogen-bond acceptors (Lipinski definition) is 6. The molecule has 1 aliphatic rings. The van der Waals surface area contributed by atoms with Crippen LogP contribution in [0.5, 0.6) is 0 Å². The molecule has 9 heteroatoms. The van der Waals surface area contributed by atoms with Crippen LogP contribution < -0.4 is 0 Å². The van der Waals surface area contributed by atoms with E-state index in [-0.39, 0.29) is 18.9 Å². The van der Waals surface area contributed by atoms with Gasteiger partial charge in [0.1, 0.15) is 0 Å². The maximum Gasteiger partial charge on any atom is 0.428 e. The van der Waals surface area contributed by atoms with Crippen LogP contribution in [0.25, 0.3) is 0 Å². The molecule has 1 fully saturated rings. The average Bonchev–Trinajstić information content (AvgIpc) is 2.99. The molecule has 0 radical (unpaired) electrons. The van der Waals surface area contributed by atoms with E-state index >= 15 is 0 Å². The smallest absolute Gasteiger partial charge is 0.428 e. The number of rotatable bonds is 7. The van der Waals surface area contributed by atoms with Crippen molar-refractivity contribution in [3.63, 3.8) is 0 Å². The third-order valence-corrected chi connectivity index (χ3v) is 3.60. The zero-order valence-electron chi connectivity index (χ0n) is 13.7. The van der Waals surface area contributed by atoms with Gasteiger partial charge in [-0.1, -0.05) is 0 Å². The van der Waals surface area contributed by atoms with E-state index in [0.717, 1.165) is 18.9 Å². The number of halogens is 3. The molecule has 138 valence electrons. The van der Waals surface area contributed by atoms with Gasteiger partial charge in [-0.05, 0) is 26.7 Å². The molecule has 1 rings (SSSR count). The van der Waals surface area contributed by atoms with Crippen LogP contribution >= 0.6 is 0 Å². The SMILES string of the molecule is CCOC(=O)/C=C(\CC(O)(C(=O)OCC)C(F)(F)F)N1CCCC1. The zero-order valence-corrected chi connectivity index (χ0v) is 13.7. The number of aliphatic hydroxyl groups is 1. The van der Waals surface area contributed by atoms with E-state index in [4.69, 9.17) is 4.74 Å². The monoisotopic (exact) mass is 353 g/mol. The third-order valence-electron chi connectivity index (χ3n) is 3.60. The van der Waals surface area contributed by atoms with Crippen LogP contribution in [-0.2, 0) is 19.1 Å². The van der Waals surface area contributed by atoms with Gasteiger partial charge in [-0.15, -0.1) is 0 Å². The molecule has 1 N–H and O–H groups in total. The third kappa shape index (κ3) is 4.86. The Bertz CT molecular complexity index is 486. The number of alkyl halides is 3. The first kappa shape index (κ1) is 20.3. The molecule has 0 aromatic rings. The highest BCUT2D eigenvalue weighted by molar-refractivity contribution is 5.84. The van der Waals surface area contributed by atoms with Crippen LogP contribution in [-0.4, -0.2) is 60.0 Å². The summed E-state index contributed by atoms with van der Waals surface area (Å²) in [5, 5.41) is 10.0. The lowest BCUT2D eigenvalue weighted by atomic mass is 9.96. The minimum Gasteiger partial charge on any atom is -0.464 e. The molecule has 0 saturated carbocycles. The molecular weight excluding hydrogens is 331 g/mol. The maximum atomic E-state index is 13.3. The Morgan fingerprint density at radius 2 is 1.67 bits per heavy atom. The average molecular weight is 353 g/mol. The van der Waals surface area contributed by atoms with Crippen molar-refractivity contribution >= 4 is 11.9 Å². The van der Waals surface area contributed by atoms with Gasteiger partial charge in [0, 0.05) is 31.3 Å². The summed E-state index contributed by atoms with van der Waals surface area (Å²) < 4.78 is 49.0. The van der Waals surface area contributed by atoms with Crippen LogP contribution in [0.15, 0.2) is 11.8 Å². The molecule has 0 spiro atoms. The summed E-state index contributed by atoms with van der Waals surface area (Å²) in [7, 11) is 0. The highest BCUT2D eigenvalue weighted by Crippen LogP contribution is 2.37. The topological polar surface area (TPSA) is 76.1 Å². The van der Waals surface area contributed by atoms with Gasteiger partial charge in [-0.2, -0.15) is 13.2 Å². The molecule has 1 heterocycles. The van der Waals surface area contributed by atoms with Crippen molar-refractivity contribution in [2.45, 2.75) is 44.9 Å². The van der Waals surface area contributed by atoms with E-state index in [1.165, 1.54) is 11.8 Å². The predicted octanol–water partition coefficient (Wildman–Crippen LogP) is 1.78. The molecule has 0 aromatic heterocycles. The molecule has 1 saturated heterocycles. The molecule has 1 atom stereocenters. The summed E-state index contributed by atoms with van der Waals surface area (Å²) in [4.78, 5) is 24.9. The van der Waals surface area contributed by atoms with Crippen molar-refractivity contribution < 1.29 is 37.3 Å². The molecule has 1 unspecified atom stereocenters. The fourth-order valence-corrected chi connectivity index (χ4v) is 2.38. The molecule has 24 heavy (non-hydrogen) atoms. The van der Waals surface area contributed by atoms with Crippen molar-refractivity contribution in [1.82, 2.24) is 4.90 Å². The van der Waals surface area contributed by atoms with E-state index in [9.17, 15) is 27.9 Å². The Morgan fingerprint density at radius 1 is 1.12 bits per heavy atom. The first-order valence-electron chi connectivity index (χ1n) is 7.74. The molecule has 0 bridgehead atoms. The minimum atomic E-state index is -5.24. The number of carbonyl (C=O) groups is 2. The summed E-state index contributed by atoms with van der Waals surface area (Å²) in [6.07, 6.45) is -3.97. The van der Waals surface area contributed by atoms with E-state index < -0.39 is 30.1 Å². The van der Waals surface area contributed by atoms with Crippen molar-refractivity contribution in [3.05, 3.63) is 11.8 Å². The number of esters is 2. The number of likely N-dealkylation sites (tertiary alicyclic amines) is 1. The van der Waals surface area contributed by atoms with E-state index in [1.54, 1.807) is 6.92 Å². The van der Waals surface area contributed by atoms with Gasteiger partial charge in [0.15, 0.2) is 0 Å². The Labute approximate surface area is 138 Å². The number of nitrogens with zero attached hydrogens (tertiary/aromatic N) is 1. The van der Waals surface area contributed by atoms with Gasteiger partial charge in [-0.25, -0.2) is 9.59 Å². The highest BCUT2D eigenvalue weighted by atomic mass is 19.4. The summed E-state index contributed by atoms with van der Waals surface area (Å²) in [6, 6.07) is 0. The van der Waals surface area contributed by atoms with E-state index in [1.807, 2.05) is 0 Å². The van der Waals surface area contributed by atoms with E-state index in [2.05, 4.69) is 4.74 Å². The molecule has 1 aliphatic heterocycles. The molecule has 0 aliphatic carbocycles. The fraction of sp³-hybridized carbons (Fsp3) is 0.733. The maximum absolute atomic E-state index is 13.3. The molecule has 6 nitrogen and oxygen atoms in total. The number of carbonyl (C=O) groups excluding carboxylic acids is 2. The number of hydrogen-bond donors (Lipinski definition) is 1. The van der Waals surface area contributed by atoms with Gasteiger partial charge in [-0.3, -0.25) is 0 Å².